The molecule has 1 aliphatic heterocycles. The van der Waals surface area contributed by atoms with E-state index in [4.69, 9.17) is 18.9 Å². The lowest BCUT2D eigenvalue weighted by Gasteiger charge is -2.25. The predicted molar refractivity (Wildman–Crippen MR) is 129 cm³/mol. The van der Waals surface area contributed by atoms with E-state index in [1.807, 2.05) is 58.0 Å². The third-order valence-corrected chi connectivity index (χ3v) is 5.20. The molecule has 1 aliphatic rings. The van der Waals surface area contributed by atoms with Gasteiger partial charge in [0, 0.05) is 4.91 Å². The Morgan fingerprint density at radius 3 is 2.26 bits per heavy atom. The summed E-state index contributed by atoms with van der Waals surface area (Å²) in [6.07, 6.45) is -0.778. The highest BCUT2D eigenvalue weighted by molar-refractivity contribution is 5.97. The third kappa shape index (κ3) is 6.16. The van der Waals surface area contributed by atoms with Crippen molar-refractivity contribution in [1.29, 1.82) is 0 Å². The molecule has 3 rings (SSSR count). The van der Waals surface area contributed by atoms with Gasteiger partial charge in [-0.3, -0.25) is 4.79 Å². The zero-order valence-corrected chi connectivity index (χ0v) is 20.5. The van der Waals surface area contributed by atoms with Crippen molar-refractivity contribution < 1.29 is 28.5 Å². The smallest absolute Gasteiger partial charge is 0.417 e. The largest absolute Gasteiger partial charge is 0.490 e. The van der Waals surface area contributed by atoms with E-state index in [9.17, 15) is 15.1 Å². The second-order valence-corrected chi connectivity index (χ2v) is 8.62. The van der Waals surface area contributed by atoms with Crippen LogP contribution in [0.1, 0.15) is 44.9 Å². The lowest BCUT2D eigenvalue weighted by Crippen LogP contribution is -2.42. The van der Waals surface area contributed by atoms with Gasteiger partial charge < -0.3 is 18.9 Å². The minimum Gasteiger partial charge on any atom is -0.490 e. The van der Waals surface area contributed by atoms with Gasteiger partial charge in [0.1, 0.15) is 12.6 Å². The highest BCUT2D eigenvalue weighted by Gasteiger charge is 2.41. The minimum absolute atomic E-state index is 0.0501. The molecule has 0 unspecified atom stereocenters. The topological polar surface area (TPSA) is 123 Å². The summed E-state index contributed by atoms with van der Waals surface area (Å²) < 4.78 is 22.5. The minimum atomic E-state index is -1.35. The van der Waals surface area contributed by atoms with E-state index in [1.54, 1.807) is 12.1 Å². The molecule has 1 heterocycles. The molecular weight excluding hydrogens is 452 g/mol. The molecule has 0 radical (unpaired) electrons. The van der Waals surface area contributed by atoms with Crippen LogP contribution in [0.3, 0.4) is 0 Å². The summed E-state index contributed by atoms with van der Waals surface area (Å²) in [6, 6.07) is 10.7. The SMILES string of the molecule is COc1c(OC(C)C)cc([C@@H](N=[N+]=[N-])C(=O)N2C(=O)OC[C@H]2Cc2ccccc2)cc1OC(C)C. The number of cyclic esters (lactones) is 1. The summed E-state index contributed by atoms with van der Waals surface area (Å²) >= 11 is 0. The van der Waals surface area contributed by atoms with Crippen LogP contribution in [-0.4, -0.2) is 48.9 Å². The number of hydrogen-bond donors (Lipinski definition) is 0. The molecule has 2 aromatic rings. The number of azide groups is 1. The van der Waals surface area contributed by atoms with E-state index in [1.165, 1.54) is 7.11 Å². The van der Waals surface area contributed by atoms with Gasteiger partial charge in [-0.2, -0.15) is 0 Å². The number of methoxy groups -OCH3 is 1. The zero-order chi connectivity index (χ0) is 25.5. The summed E-state index contributed by atoms with van der Waals surface area (Å²) in [6.45, 7) is 7.44. The lowest BCUT2D eigenvalue weighted by atomic mass is 10.0. The molecule has 1 fully saturated rings. The van der Waals surface area contributed by atoms with Crippen LogP contribution in [0.15, 0.2) is 47.6 Å². The quantitative estimate of drug-likeness (QED) is 0.260. The Kier molecular flexibility index (Phi) is 8.43. The van der Waals surface area contributed by atoms with Crippen molar-refractivity contribution in [2.75, 3.05) is 13.7 Å². The van der Waals surface area contributed by atoms with E-state index >= 15 is 0 Å². The fraction of sp³-hybridized carbons (Fsp3) is 0.440. The average Bonchev–Trinajstić information content (AvgIpc) is 3.16. The maximum Gasteiger partial charge on any atom is 0.417 e. The first-order valence-electron chi connectivity index (χ1n) is 11.4. The molecule has 2 amide bonds. The first-order chi connectivity index (χ1) is 16.7. The van der Waals surface area contributed by atoms with Crippen LogP contribution < -0.4 is 14.2 Å². The van der Waals surface area contributed by atoms with Crippen molar-refractivity contribution in [2.24, 2.45) is 5.11 Å². The monoisotopic (exact) mass is 482 g/mol. The molecule has 10 heteroatoms. The van der Waals surface area contributed by atoms with Gasteiger partial charge in [0.15, 0.2) is 11.5 Å². The molecule has 0 spiro atoms. The molecule has 0 N–H and O–H groups in total. The summed E-state index contributed by atoms with van der Waals surface area (Å²) in [5.41, 5.74) is 10.5. The maximum atomic E-state index is 13.6. The molecular formula is C25H30N4O6. The standard InChI is InChI=1S/C25H30N4O6/c1-15(2)34-20-12-18(13-21(23(20)32-5)35-16(3)4)22(27-28-26)24(30)29-19(14-33-25(29)31)11-17-9-7-6-8-10-17/h6-10,12-13,15-16,19,22H,11,14H2,1-5H3/t19-,22-/m1/s1. The zero-order valence-electron chi connectivity index (χ0n) is 20.5. The Morgan fingerprint density at radius 2 is 1.74 bits per heavy atom. The molecule has 0 aromatic heterocycles. The fourth-order valence-electron chi connectivity index (χ4n) is 3.85. The number of carbonyl (C=O) groups excluding carboxylic acids is 2. The normalized spacial score (nSPS) is 16.0. The molecule has 2 atom stereocenters. The van der Waals surface area contributed by atoms with Crippen molar-refractivity contribution in [1.82, 2.24) is 4.90 Å². The van der Waals surface area contributed by atoms with Gasteiger partial charge in [0.2, 0.25) is 11.7 Å². The fourth-order valence-corrected chi connectivity index (χ4v) is 3.85. The molecule has 0 aliphatic carbocycles. The number of ether oxygens (including phenoxy) is 4. The molecule has 186 valence electrons. The first-order valence-corrected chi connectivity index (χ1v) is 11.4. The highest BCUT2D eigenvalue weighted by atomic mass is 16.6. The lowest BCUT2D eigenvalue weighted by molar-refractivity contribution is -0.130. The van der Waals surface area contributed by atoms with E-state index in [-0.39, 0.29) is 18.8 Å². The van der Waals surface area contributed by atoms with Crippen LogP contribution in [0.5, 0.6) is 17.2 Å². The molecule has 1 saturated heterocycles. The first kappa shape index (κ1) is 25.7. The van der Waals surface area contributed by atoms with Crippen LogP contribution >= 0.6 is 0 Å². The Labute approximate surface area is 204 Å². The van der Waals surface area contributed by atoms with Crippen LogP contribution in [0, 0.1) is 0 Å². The number of rotatable bonds is 10. The summed E-state index contributed by atoms with van der Waals surface area (Å²) in [7, 11) is 1.49. The third-order valence-electron chi connectivity index (χ3n) is 5.20. The van der Waals surface area contributed by atoms with Crippen molar-refractivity contribution in [3.8, 4) is 17.2 Å². The van der Waals surface area contributed by atoms with Crippen molar-refractivity contribution >= 4 is 12.0 Å². The number of carbonyl (C=O) groups is 2. The van der Waals surface area contributed by atoms with Gasteiger partial charge in [-0.15, -0.1) is 0 Å². The van der Waals surface area contributed by atoms with E-state index in [2.05, 4.69) is 10.0 Å². The molecule has 10 nitrogen and oxygen atoms in total. The van der Waals surface area contributed by atoms with Crippen molar-refractivity contribution in [2.45, 2.75) is 58.4 Å². The van der Waals surface area contributed by atoms with Gasteiger partial charge in [-0.05, 0) is 62.9 Å². The molecule has 0 saturated carbocycles. The van der Waals surface area contributed by atoms with Gasteiger partial charge >= 0.3 is 6.09 Å². The summed E-state index contributed by atoms with van der Waals surface area (Å²) in [5, 5.41) is 3.74. The number of amides is 2. The van der Waals surface area contributed by atoms with Crippen molar-refractivity contribution in [3.63, 3.8) is 0 Å². The number of benzene rings is 2. The Hall–Kier alpha value is -3.91. The van der Waals surface area contributed by atoms with Crippen LogP contribution in [0.2, 0.25) is 0 Å². The van der Waals surface area contributed by atoms with E-state index in [0.29, 0.717) is 29.2 Å². The van der Waals surface area contributed by atoms with Crippen LogP contribution in [-0.2, 0) is 16.0 Å². The van der Waals surface area contributed by atoms with Gasteiger partial charge in [0.05, 0.1) is 25.4 Å². The maximum absolute atomic E-state index is 13.6. The van der Waals surface area contributed by atoms with E-state index in [0.717, 1.165) is 10.5 Å². The second-order valence-electron chi connectivity index (χ2n) is 8.62. The highest BCUT2D eigenvalue weighted by Crippen LogP contribution is 2.42. The predicted octanol–water partition coefficient (Wildman–Crippen LogP) is 5.21. The number of hydrogen-bond acceptors (Lipinski definition) is 7. The molecule has 2 aromatic carbocycles. The van der Waals surface area contributed by atoms with Crippen LogP contribution in [0.4, 0.5) is 4.79 Å². The Bertz CT molecular complexity index is 1070. The van der Waals surface area contributed by atoms with Crippen LogP contribution in [0.25, 0.3) is 10.4 Å². The summed E-state index contributed by atoms with van der Waals surface area (Å²) in [5.74, 6) is 0.311. The van der Waals surface area contributed by atoms with Gasteiger partial charge in [0.25, 0.3) is 0 Å². The second kappa shape index (κ2) is 11.5. The molecule has 35 heavy (non-hydrogen) atoms. The van der Waals surface area contributed by atoms with Gasteiger partial charge in [-0.25, -0.2) is 9.69 Å². The Morgan fingerprint density at radius 1 is 1.14 bits per heavy atom. The van der Waals surface area contributed by atoms with E-state index < -0.39 is 24.1 Å². The molecule has 0 bridgehead atoms. The van der Waals surface area contributed by atoms with Crippen molar-refractivity contribution in [3.05, 3.63) is 64.0 Å². The summed E-state index contributed by atoms with van der Waals surface area (Å²) in [4.78, 5) is 30.1. The van der Waals surface area contributed by atoms with Gasteiger partial charge in [-0.1, -0.05) is 35.4 Å². The number of imide groups is 1. The number of nitrogens with zero attached hydrogens (tertiary/aromatic N) is 4. The average molecular weight is 483 g/mol. The Balaban J connectivity index is 2.03.